The van der Waals surface area contributed by atoms with Crippen LogP contribution in [-0.4, -0.2) is 24.4 Å². The maximum absolute atomic E-state index is 10.8. The average Bonchev–Trinajstić information content (AvgIpc) is 2.70. The van der Waals surface area contributed by atoms with E-state index in [9.17, 15) is 4.79 Å². The van der Waals surface area contributed by atoms with E-state index in [1.807, 2.05) is 6.92 Å². The highest BCUT2D eigenvalue weighted by atomic mass is 32.1. The second-order valence-corrected chi connectivity index (χ2v) is 6.14. The quantitative estimate of drug-likeness (QED) is 0.775. The number of aromatic nitrogens is 1. The molecule has 0 atom stereocenters. The Hall–Kier alpha value is -0.900. The lowest BCUT2D eigenvalue weighted by molar-refractivity contribution is 0.112. The summed E-state index contributed by atoms with van der Waals surface area (Å²) in [5.41, 5.74) is 0.867. The molecule has 94 valence electrons. The first kappa shape index (κ1) is 12.6. The molecule has 0 radical (unpaired) electrons. The van der Waals surface area contributed by atoms with E-state index in [0.29, 0.717) is 0 Å². The van der Waals surface area contributed by atoms with E-state index in [0.717, 1.165) is 46.9 Å². The number of piperidine rings is 1. The van der Waals surface area contributed by atoms with E-state index in [-0.39, 0.29) is 0 Å². The molecule has 0 bridgehead atoms. The number of carbonyl (C=O) groups is 1. The average molecular weight is 252 g/mol. The molecule has 0 unspecified atom stereocenters. The number of hydrogen-bond donors (Lipinski definition) is 0. The minimum absolute atomic E-state index is 0.769. The number of aldehydes is 1. The maximum atomic E-state index is 10.8. The Morgan fingerprint density at radius 2 is 2.06 bits per heavy atom. The van der Waals surface area contributed by atoms with E-state index < -0.39 is 0 Å². The predicted molar refractivity (Wildman–Crippen MR) is 72.0 cm³/mol. The molecule has 1 aliphatic rings. The Morgan fingerprint density at radius 3 is 2.53 bits per heavy atom. The first-order chi connectivity index (χ1) is 8.11. The Labute approximate surface area is 107 Å². The molecule has 3 nitrogen and oxygen atoms in total. The molecule has 0 amide bonds. The lowest BCUT2D eigenvalue weighted by Crippen LogP contribution is -2.35. The van der Waals surface area contributed by atoms with Crippen LogP contribution in [0, 0.1) is 18.8 Å². The number of aryl methyl sites for hydroxylation is 1. The normalized spacial score (nSPS) is 17.8. The van der Waals surface area contributed by atoms with Gasteiger partial charge in [-0.1, -0.05) is 25.2 Å². The predicted octanol–water partition coefficient (Wildman–Crippen LogP) is 3.14. The first-order valence-electron chi connectivity index (χ1n) is 6.29. The minimum atomic E-state index is 0.769. The van der Waals surface area contributed by atoms with Gasteiger partial charge in [0.1, 0.15) is 0 Å². The minimum Gasteiger partial charge on any atom is -0.348 e. The topological polar surface area (TPSA) is 33.2 Å². The van der Waals surface area contributed by atoms with Crippen LogP contribution in [0.4, 0.5) is 5.13 Å². The van der Waals surface area contributed by atoms with Gasteiger partial charge in [-0.3, -0.25) is 4.79 Å². The van der Waals surface area contributed by atoms with Crippen LogP contribution in [0.3, 0.4) is 0 Å². The Balaban J connectivity index is 2.02. The van der Waals surface area contributed by atoms with Crippen LogP contribution in [-0.2, 0) is 0 Å². The van der Waals surface area contributed by atoms with Crippen molar-refractivity contribution < 1.29 is 4.79 Å². The van der Waals surface area contributed by atoms with Gasteiger partial charge in [0.25, 0.3) is 0 Å². The van der Waals surface area contributed by atoms with Crippen molar-refractivity contribution in [2.45, 2.75) is 33.6 Å². The van der Waals surface area contributed by atoms with E-state index >= 15 is 0 Å². The molecule has 1 fully saturated rings. The van der Waals surface area contributed by atoms with Crippen molar-refractivity contribution in [3.63, 3.8) is 0 Å². The zero-order valence-electron chi connectivity index (χ0n) is 10.8. The zero-order chi connectivity index (χ0) is 12.4. The standard InChI is InChI=1S/C13H20N2OS/c1-9(2)11-4-6-15(7-5-11)13-14-10(3)12(8-16)17-13/h8-9,11H,4-7H2,1-3H3. The highest BCUT2D eigenvalue weighted by Gasteiger charge is 2.23. The molecule has 1 saturated heterocycles. The van der Waals surface area contributed by atoms with Crippen molar-refractivity contribution in [2.75, 3.05) is 18.0 Å². The smallest absolute Gasteiger partial charge is 0.186 e. The van der Waals surface area contributed by atoms with Crippen LogP contribution in [0.1, 0.15) is 42.1 Å². The molecule has 1 aromatic heterocycles. The molecule has 0 aliphatic carbocycles. The van der Waals surface area contributed by atoms with Gasteiger partial charge in [-0.05, 0) is 31.6 Å². The van der Waals surface area contributed by atoms with Gasteiger partial charge in [0, 0.05) is 13.1 Å². The molecule has 4 heteroatoms. The second-order valence-electron chi connectivity index (χ2n) is 5.13. The van der Waals surface area contributed by atoms with Crippen molar-refractivity contribution >= 4 is 22.8 Å². The Kier molecular flexibility index (Phi) is 3.82. The summed E-state index contributed by atoms with van der Waals surface area (Å²) in [5, 5.41) is 1.02. The fourth-order valence-corrected chi connectivity index (χ4v) is 3.33. The molecule has 0 saturated carbocycles. The van der Waals surface area contributed by atoms with Crippen LogP contribution in [0.15, 0.2) is 0 Å². The Morgan fingerprint density at radius 1 is 1.41 bits per heavy atom. The molecule has 0 N–H and O–H groups in total. The van der Waals surface area contributed by atoms with Crippen molar-refractivity contribution in [1.82, 2.24) is 4.98 Å². The molecular formula is C13H20N2OS. The van der Waals surface area contributed by atoms with Gasteiger partial charge in [0.2, 0.25) is 0 Å². The number of rotatable bonds is 3. The second kappa shape index (κ2) is 5.17. The van der Waals surface area contributed by atoms with Gasteiger partial charge in [0.05, 0.1) is 10.6 Å². The third-order valence-electron chi connectivity index (χ3n) is 3.68. The lowest BCUT2D eigenvalue weighted by atomic mass is 9.87. The van der Waals surface area contributed by atoms with Crippen LogP contribution in [0.25, 0.3) is 0 Å². The van der Waals surface area contributed by atoms with Crippen molar-refractivity contribution in [2.24, 2.45) is 11.8 Å². The summed E-state index contributed by atoms with van der Waals surface area (Å²) in [7, 11) is 0. The van der Waals surface area contributed by atoms with Gasteiger partial charge in [-0.25, -0.2) is 4.98 Å². The molecule has 17 heavy (non-hydrogen) atoms. The highest BCUT2D eigenvalue weighted by Crippen LogP contribution is 2.31. The lowest BCUT2D eigenvalue weighted by Gasteiger charge is -2.33. The fraction of sp³-hybridized carbons (Fsp3) is 0.692. The van der Waals surface area contributed by atoms with Crippen LogP contribution in [0.5, 0.6) is 0 Å². The number of anilines is 1. The molecule has 0 spiro atoms. The summed E-state index contributed by atoms with van der Waals surface area (Å²) in [6, 6.07) is 0. The number of carbonyl (C=O) groups excluding carboxylic acids is 1. The van der Waals surface area contributed by atoms with Crippen molar-refractivity contribution in [3.05, 3.63) is 10.6 Å². The first-order valence-corrected chi connectivity index (χ1v) is 7.11. The fourth-order valence-electron chi connectivity index (χ4n) is 2.40. The molecule has 2 rings (SSSR count). The zero-order valence-corrected chi connectivity index (χ0v) is 11.6. The summed E-state index contributed by atoms with van der Waals surface area (Å²) in [5.74, 6) is 1.62. The van der Waals surface area contributed by atoms with E-state index in [1.165, 1.54) is 24.2 Å². The van der Waals surface area contributed by atoms with Crippen LogP contribution in [0.2, 0.25) is 0 Å². The van der Waals surface area contributed by atoms with Crippen molar-refractivity contribution in [1.29, 1.82) is 0 Å². The van der Waals surface area contributed by atoms with Crippen LogP contribution < -0.4 is 4.90 Å². The van der Waals surface area contributed by atoms with Gasteiger partial charge < -0.3 is 4.90 Å². The molecule has 1 aliphatic heterocycles. The molecule has 1 aromatic rings. The molecule has 0 aromatic carbocycles. The monoisotopic (exact) mass is 252 g/mol. The summed E-state index contributed by atoms with van der Waals surface area (Å²) in [6.45, 7) is 8.67. The van der Waals surface area contributed by atoms with Crippen molar-refractivity contribution in [3.8, 4) is 0 Å². The summed E-state index contributed by atoms with van der Waals surface area (Å²) in [4.78, 5) is 18.4. The van der Waals surface area contributed by atoms with Gasteiger partial charge in [-0.15, -0.1) is 0 Å². The third-order valence-corrected chi connectivity index (χ3v) is 4.82. The van der Waals surface area contributed by atoms with Gasteiger partial charge >= 0.3 is 0 Å². The van der Waals surface area contributed by atoms with Crippen LogP contribution >= 0.6 is 11.3 Å². The molecular weight excluding hydrogens is 232 g/mol. The van der Waals surface area contributed by atoms with E-state index in [4.69, 9.17) is 0 Å². The summed E-state index contributed by atoms with van der Waals surface area (Å²) < 4.78 is 0. The highest BCUT2D eigenvalue weighted by molar-refractivity contribution is 7.17. The van der Waals surface area contributed by atoms with Gasteiger partial charge in [0.15, 0.2) is 11.4 Å². The Bertz CT molecular complexity index is 392. The number of hydrogen-bond acceptors (Lipinski definition) is 4. The van der Waals surface area contributed by atoms with E-state index in [2.05, 4.69) is 23.7 Å². The summed E-state index contributed by atoms with van der Waals surface area (Å²) >= 11 is 1.52. The summed E-state index contributed by atoms with van der Waals surface area (Å²) in [6.07, 6.45) is 3.40. The largest absolute Gasteiger partial charge is 0.348 e. The third kappa shape index (κ3) is 2.68. The van der Waals surface area contributed by atoms with Gasteiger partial charge in [-0.2, -0.15) is 0 Å². The number of thiazole rings is 1. The van der Waals surface area contributed by atoms with E-state index in [1.54, 1.807) is 0 Å². The SMILES string of the molecule is Cc1nc(N2CCC(C(C)C)CC2)sc1C=O. The maximum Gasteiger partial charge on any atom is 0.186 e. The molecule has 2 heterocycles. The number of nitrogens with zero attached hydrogens (tertiary/aromatic N) is 2.